The van der Waals surface area contributed by atoms with Crippen molar-refractivity contribution in [3.05, 3.63) is 34.9 Å². The molecule has 5 rings (SSSR count). The van der Waals surface area contributed by atoms with Crippen LogP contribution in [0.25, 0.3) is 0 Å². The molecule has 6 atom stereocenters. The van der Waals surface area contributed by atoms with E-state index in [1.165, 1.54) is 12.8 Å². The highest BCUT2D eigenvalue weighted by molar-refractivity contribution is 5.94. The van der Waals surface area contributed by atoms with Crippen molar-refractivity contribution in [1.29, 1.82) is 0 Å². The molecule has 0 spiro atoms. The Morgan fingerprint density at radius 3 is 2.59 bits per heavy atom. The molecule has 0 N–H and O–H groups in total. The molecule has 1 nitrogen and oxygen atoms in total. The van der Waals surface area contributed by atoms with Gasteiger partial charge in [0.2, 0.25) is 0 Å². The molecular formula is C16H16O. The minimum absolute atomic E-state index is 0.216. The molecule has 0 aliphatic heterocycles. The molecule has 0 radical (unpaired) electrons. The van der Waals surface area contributed by atoms with Crippen LogP contribution >= 0.6 is 0 Å². The molecule has 1 heteroatoms. The highest BCUT2D eigenvalue weighted by atomic mass is 16.1. The molecule has 0 saturated heterocycles. The van der Waals surface area contributed by atoms with Gasteiger partial charge in [0.05, 0.1) is 0 Å². The van der Waals surface area contributed by atoms with Crippen LogP contribution in [0, 0.1) is 23.7 Å². The predicted octanol–water partition coefficient (Wildman–Crippen LogP) is 3.36. The zero-order valence-corrected chi connectivity index (χ0v) is 10.0. The Labute approximate surface area is 101 Å². The third kappa shape index (κ3) is 0.821. The minimum atomic E-state index is 0.216. The van der Waals surface area contributed by atoms with E-state index in [4.69, 9.17) is 0 Å². The van der Waals surface area contributed by atoms with E-state index >= 15 is 0 Å². The average Bonchev–Trinajstić information content (AvgIpc) is 2.81. The molecule has 86 valence electrons. The summed E-state index contributed by atoms with van der Waals surface area (Å²) in [5.41, 5.74) is 4.07. The fourth-order valence-corrected chi connectivity index (χ4v) is 5.37. The maximum atomic E-state index is 11.5. The first-order valence-electron chi connectivity index (χ1n) is 6.92. The van der Waals surface area contributed by atoms with E-state index < -0.39 is 0 Å². The van der Waals surface area contributed by atoms with Crippen LogP contribution in [0.1, 0.15) is 53.1 Å². The lowest BCUT2D eigenvalue weighted by Crippen LogP contribution is -2.26. The molecule has 17 heavy (non-hydrogen) atoms. The Morgan fingerprint density at radius 2 is 1.88 bits per heavy atom. The van der Waals surface area contributed by atoms with Crippen molar-refractivity contribution in [3.8, 4) is 0 Å². The van der Waals surface area contributed by atoms with Crippen molar-refractivity contribution >= 4 is 5.78 Å². The molecule has 0 unspecified atom stereocenters. The van der Waals surface area contributed by atoms with Crippen molar-refractivity contribution < 1.29 is 4.79 Å². The number of carbonyl (C=O) groups excluding carboxylic acids is 1. The molecule has 1 aromatic rings. The van der Waals surface area contributed by atoms with E-state index in [-0.39, 0.29) is 5.78 Å². The molecule has 3 saturated carbocycles. The second kappa shape index (κ2) is 2.50. The van der Waals surface area contributed by atoms with Gasteiger partial charge in [0, 0.05) is 5.56 Å². The Balaban J connectivity index is 1.69. The van der Waals surface area contributed by atoms with Gasteiger partial charge >= 0.3 is 0 Å². The lowest BCUT2D eigenvalue weighted by molar-refractivity contribution is 0.101. The van der Waals surface area contributed by atoms with Gasteiger partial charge in [-0.1, -0.05) is 12.1 Å². The largest absolute Gasteiger partial charge is 0.295 e. The standard InChI is InChI=1S/C16H16O/c1-7(17)8-2-3-11-12(6-8)13-9-4-5-10(9)14-15(11)16(13)14/h2-3,6,9-10,13-16H,4-5H2,1H3/t9-,10+,13-,14-,15-,16+/m1/s1. The van der Waals surface area contributed by atoms with Crippen LogP contribution in [0.5, 0.6) is 0 Å². The second-order valence-electron chi connectivity index (χ2n) is 6.51. The molecule has 0 heterocycles. The van der Waals surface area contributed by atoms with E-state index in [0.717, 1.165) is 41.1 Å². The number of carbonyl (C=O) groups is 1. The van der Waals surface area contributed by atoms with E-state index in [1.54, 1.807) is 18.1 Å². The Kier molecular flexibility index (Phi) is 1.31. The first-order chi connectivity index (χ1) is 8.27. The van der Waals surface area contributed by atoms with Gasteiger partial charge in [-0.25, -0.2) is 0 Å². The molecular weight excluding hydrogens is 208 g/mol. The van der Waals surface area contributed by atoms with Gasteiger partial charge in [-0.05, 0) is 72.5 Å². The van der Waals surface area contributed by atoms with Crippen molar-refractivity contribution in [2.24, 2.45) is 23.7 Å². The van der Waals surface area contributed by atoms with Gasteiger partial charge in [0.15, 0.2) is 5.78 Å². The first-order valence-corrected chi connectivity index (χ1v) is 6.92. The number of hydrogen-bond acceptors (Lipinski definition) is 1. The number of Topliss-reactive ketones (excluding diaryl/α,β-unsaturated/α-hetero) is 1. The van der Waals surface area contributed by atoms with Crippen LogP contribution < -0.4 is 0 Å². The van der Waals surface area contributed by atoms with Crippen LogP contribution in [0.3, 0.4) is 0 Å². The number of rotatable bonds is 1. The zero-order chi connectivity index (χ0) is 11.3. The summed E-state index contributed by atoms with van der Waals surface area (Å²) in [4.78, 5) is 11.5. The summed E-state index contributed by atoms with van der Waals surface area (Å²) < 4.78 is 0. The van der Waals surface area contributed by atoms with Gasteiger partial charge in [-0.15, -0.1) is 0 Å². The van der Waals surface area contributed by atoms with Crippen LogP contribution in [-0.4, -0.2) is 5.78 Å². The topological polar surface area (TPSA) is 17.1 Å². The lowest BCUT2D eigenvalue weighted by atomic mass is 9.69. The summed E-state index contributed by atoms with van der Waals surface area (Å²) >= 11 is 0. The van der Waals surface area contributed by atoms with E-state index in [0.29, 0.717) is 0 Å². The van der Waals surface area contributed by atoms with Crippen LogP contribution in [0.2, 0.25) is 0 Å². The van der Waals surface area contributed by atoms with Gasteiger partial charge in [0.25, 0.3) is 0 Å². The maximum Gasteiger partial charge on any atom is 0.159 e. The molecule has 4 aliphatic rings. The summed E-state index contributed by atoms with van der Waals surface area (Å²) in [5.74, 6) is 5.97. The molecule has 0 bridgehead atoms. The van der Waals surface area contributed by atoms with Crippen LogP contribution in [0.15, 0.2) is 18.2 Å². The highest BCUT2D eigenvalue weighted by Crippen LogP contribution is 2.81. The minimum Gasteiger partial charge on any atom is -0.295 e. The van der Waals surface area contributed by atoms with E-state index in [2.05, 4.69) is 12.1 Å². The predicted molar refractivity (Wildman–Crippen MR) is 65.1 cm³/mol. The van der Waals surface area contributed by atoms with Gasteiger partial charge in [0.1, 0.15) is 0 Å². The molecule has 0 amide bonds. The van der Waals surface area contributed by atoms with Gasteiger partial charge in [-0.2, -0.15) is 0 Å². The summed E-state index contributed by atoms with van der Waals surface area (Å²) in [6.45, 7) is 1.68. The average molecular weight is 224 g/mol. The summed E-state index contributed by atoms with van der Waals surface area (Å²) in [6.07, 6.45) is 2.92. The monoisotopic (exact) mass is 224 g/mol. The molecule has 4 aliphatic carbocycles. The number of benzene rings is 1. The van der Waals surface area contributed by atoms with Crippen LogP contribution in [-0.2, 0) is 0 Å². The smallest absolute Gasteiger partial charge is 0.159 e. The van der Waals surface area contributed by atoms with Crippen molar-refractivity contribution in [2.75, 3.05) is 0 Å². The third-order valence-electron chi connectivity index (χ3n) is 6.10. The first kappa shape index (κ1) is 8.91. The van der Waals surface area contributed by atoms with E-state index in [9.17, 15) is 4.79 Å². The SMILES string of the molecule is CC(=O)c1ccc2c(c1)[C@H]1[C@@H]3CC[C@@H]3[C@@H]3[C@@H]2[C@@H]13. The second-order valence-corrected chi connectivity index (χ2v) is 6.51. The number of ketones is 1. The summed E-state index contributed by atoms with van der Waals surface area (Å²) in [5, 5.41) is 0. The maximum absolute atomic E-state index is 11.5. The van der Waals surface area contributed by atoms with Gasteiger partial charge in [-0.3, -0.25) is 4.79 Å². The third-order valence-corrected chi connectivity index (χ3v) is 6.10. The van der Waals surface area contributed by atoms with E-state index in [1.807, 2.05) is 6.07 Å². The van der Waals surface area contributed by atoms with Crippen LogP contribution in [0.4, 0.5) is 0 Å². The normalized spacial score (nSPS) is 46.9. The Morgan fingerprint density at radius 1 is 1.06 bits per heavy atom. The number of hydrogen-bond donors (Lipinski definition) is 0. The summed E-state index contributed by atoms with van der Waals surface area (Å²) in [6, 6.07) is 6.52. The molecule has 0 aromatic heterocycles. The van der Waals surface area contributed by atoms with Crippen molar-refractivity contribution in [3.63, 3.8) is 0 Å². The fraction of sp³-hybridized carbons (Fsp3) is 0.562. The molecule has 1 aromatic carbocycles. The quantitative estimate of drug-likeness (QED) is 0.668. The Hall–Kier alpha value is -1.11. The zero-order valence-electron chi connectivity index (χ0n) is 10.0. The lowest BCUT2D eigenvalue weighted by Gasteiger charge is -2.36. The Bertz CT molecular complexity index is 559. The van der Waals surface area contributed by atoms with Crippen molar-refractivity contribution in [1.82, 2.24) is 0 Å². The molecule has 3 fully saturated rings. The summed E-state index contributed by atoms with van der Waals surface area (Å²) in [7, 11) is 0. The highest BCUT2D eigenvalue weighted by Gasteiger charge is 2.73. The fourth-order valence-electron chi connectivity index (χ4n) is 5.37. The van der Waals surface area contributed by atoms with Gasteiger partial charge < -0.3 is 0 Å². The number of fused-ring (bicyclic) bond motifs is 7. The van der Waals surface area contributed by atoms with Crippen molar-refractivity contribution in [2.45, 2.75) is 31.6 Å².